The summed E-state index contributed by atoms with van der Waals surface area (Å²) in [7, 11) is 0. The van der Waals surface area contributed by atoms with E-state index in [9.17, 15) is 13.6 Å². The number of hydrogen-bond donors (Lipinski definition) is 0. The maximum absolute atomic E-state index is 13.9. The fourth-order valence-corrected chi connectivity index (χ4v) is 3.05. The van der Waals surface area contributed by atoms with Crippen LogP contribution in [0.1, 0.15) is 18.1 Å². The molecule has 1 aliphatic rings. The Morgan fingerprint density at radius 1 is 1.12 bits per heavy atom. The fourth-order valence-electron chi connectivity index (χ4n) is 3.05. The first-order chi connectivity index (χ1) is 11.5. The maximum Gasteiger partial charge on any atom is 0.244 e. The molecule has 5 heteroatoms. The van der Waals surface area contributed by atoms with Crippen LogP contribution in [0.3, 0.4) is 0 Å². The van der Waals surface area contributed by atoms with Gasteiger partial charge in [0.05, 0.1) is 6.04 Å². The summed E-state index contributed by atoms with van der Waals surface area (Å²) in [6, 6.07) is 11.0. The summed E-state index contributed by atoms with van der Waals surface area (Å²) >= 11 is 0. The third-order valence-electron chi connectivity index (χ3n) is 4.48. The van der Waals surface area contributed by atoms with Gasteiger partial charge < -0.3 is 4.90 Å². The van der Waals surface area contributed by atoms with Crippen LogP contribution in [0.2, 0.25) is 0 Å². The smallest absolute Gasteiger partial charge is 0.244 e. The minimum atomic E-state index is -0.593. The van der Waals surface area contributed by atoms with Crippen LogP contribution in [0.25, 0.3) is 0 Å². The molecule has 1 heterocycles. The van der Waals surface area contributed by atoms with E-state index < -0.39 is 11.6 Å². The standard InChI is InChI=1S/C19H20F2N2O/c1-13-4-3-5-17(10-13)23-9-8-22(14(2)19(23)24)12-15-6-7-16(20)11-18(15)21/h3-7,10-11,14H,8-9,12H2,1-2H3/t14-/m1/s1. The molecule has 3 nitrogen and oxygen atoms in total. The highest BCUT2D eigenvalue weighted by atomic mass is 19.1. The number of aryl methyl sites for hydroxylation is 1. The van der Waals surface area contributed by atoms with Gasteiger partial charge in [0, 0.05) is 37.0 Å². The first-order valence-corrected chi connectivity index (χ1v) is 8.02. The van der Waals surface area contributed by atoms with Gasteiger partial charge in [0.2, 0.25) is 5.91 Å². The zero-order valence-corrected chi connectivity index (χ0v) is 13.8. The van der Waals surface area contributed by atoms with E-state index in [0.717, 1.165) is 17.3 Å². The predicted octanol–water partition coefficient (Wildman–Crippen LogP) is 3.51. The van der Waals surface area contributed by atoms with Gasteiger partial charge in [-0.3, -0.25) is 9.69 Å². The van der Waals surface area contributed by atoms with Crippen LogP contribution in [0.4, 0.5) is 14.5 Å². The predicted molar refractivity (Wildman–Crippen MR) is 89.8 cm³/mol. The molecule has 1 amide bonds. The van der Waals surface area contributed by atoms with Crippen molar-refractivity contribution in [1.29, 1.82) is 0 Å². The van der Waals surface area contributed by atoms with Gasteiger partial charge in [-0.15, -0.1) is 0 Å². The Morgan fingerprint density at radius 3 is 2.62 bits per heavy atom. The highest BCUT2D eigenvalue weighted by Gasteiger charge is 2.32. The van der Waals surface area contributed by atoms with Gasteiger partial charge in [-0.25, -0.2) is 8.78 Å². The number of hydrogen-bond acceptors (Lipinski definition) is 2. The first-order valence-electron chi connectivity index (χ1n) is 8.02. The molecule has 2 aromatic rings. The summed E-state index contributed by atoms with van der Waals surface area (Å²) in [6.07, 6.45) is 0. The lowest BCUT2D eigenvalue weighted by atomic mass is 10.1. The summed E-state index contributed by atoms with van der Waals surface area (Å²) in [4.78, 5) is 16.4. The van der Waals surface area contributed by atoms with Crippen molar-refractivity contribution in [3.05, 3.63) is 65.2 Å². The molecule has 0 aliphatic carbocycles. The van der Waals surface area contributed by atoms with Crippen LogP contribution in [-0.2, 0) is 11.3 Å². The summed E-state index contributed by atoms with van der Waals surface area (Å²) in [5.74, 6) is -1.17. The minimum Gasteiger partial charge on any atom is -0.310 e. The lowest BCUT2D eigenvalue weighted by Gasteiger charge is -2.39. The second-order valence-electron chi connectivity index (χ2n) is 6.21. The van der Waals surface area contributed by atoms with Crippen LogP contribution in [0, 0.1) is 18.6 Å². The van der Waals surface area contributed by atoms with E-state index in [1.807, 2.05) is 43.0 Å². The molecule has 0 unspecified atom stereocenters. The van der Waals surface area contributed by atoms with E-state index in [-0.39, 0.29) is 11.9 Å². The Kier molecular flexibility index (Phi) is 4.62. The number of anilines is 1. The van der Waals surface area contributed by atoms with Crippen LogP contribution >= 0.6 is 0 Å². The molecule has 0 bridgehead atoms. The average Bonchev–Trinajstić information content (AvgIpc) is 2.54. The molecule has 1 aliphatic heterocycles. The van der Waals surface area contributed by atoms with Gasteiger partial charge in [0.25, 0.3) is 0 Å². The van der Waals surface area contributed by atoms with Crippen molar-refractivity contribution >= 4 is 11.6 Å². The van der Waals surface area contributed by atoms with Crippen molar-refractivity contribution in [1.82, 2.24) is 4.90 Å². The van der Waals surface area contributed by atoms with Crippen LogP contribution in [0.5, 0.6) is 0 Å². The number of nitrogens with zero attached hydrogens (tertiary/aromatic N) is 2. The zero-order chi connectivity index (χ0) is 17.3. The monoisotopic (exact) mass is 330 g/mol. The van der Waals surface area contributed by atoms with Crippen molar-refractivity contribution in [3.63, 3.8) is 0 Å². The second-order valence-corrected chi connectivity index (χ2v) is 6.21. The molecule has 0 aromatic heterocycles. The second kappa shape index (κ2) is 6.69. The SMILES string of the molecule is Cc1cccc(N2CCN(Cc3ccc(F)cc3F)[C@H](C)C2=O)c1. The maximum atomic E-state index is 13.9. The Balaban J connectivity index is 1.75. The van der Waals surface area contributed by atoms with Crippen LogP contribution < -0.4 is 4.90 Å². The molecule has 1 saturated heterocycles. The Bertz CT molecular complexity index is 763. The van der Waals surface area contributed by atoms with Crippen molar-refractivity contribution in [2.45, 2.75) is 26.4 Å². The summed E-state index contributed by atoms with van der Waals surface area (Å²) in [6.45, 7) is 5.30. The molecule has 1 fully saturated rings. The van der Waals surface area contributed by atoms with Gasteiger partial charge in [0.1, 0.15) is 11.6 Å². The van der Waals surface area contributed by atoms with Crippen molar-refractivity contribution in [3.8, 4) is 0 Å². The van der Waals surface area contributed by atoms with Crippen molar-refractivity contribution in [2.24, 2.45) is 0 Å². The number of halogens is 2. The fraction of sp³-hybridized carbons (Fsp3) is 0.316. The third-order valence-corrected chi connectivity index (χ3v) is 4.48. The van der Waals surface area contributed by atoms with Crippen molar-refractivity contribution in [2.75, 3.05) is 18.0 Å². The zero-order valence-electron chi connectivity index (χ0n) is 13.8. The molecule has 0 spiro atoms. The van der Waals surface area contributed by atoms with Gasteiger partial charge >= 0.3 is 0 Å². The highest BCUT2D eigenvalue weighted by Crippen LogP contribution is 2.23. The summed E-state index contributed by atoms with van der Waals surface area (Å²) in [5, 5.41) is 0. The molecule has 0 N–H and O–H groups in total. The summed E-state index contributed by atoms with van der Waals surface area (Å²) in [5.41, 5.74) is 2.39. The number of rotatable bonds is 3. The third kappa shape index (κ3) is 3.31. The molecular formula is C19H20F2N2O. The number of benzene rings is 2. The minimum absolute atomic E-state index is 0.00521. The van der Waals surface area contributed by atoms with Crippen molar-refractivity contribution < 1.29 is 13.6 Å². The summed E-state index contributed by atoms with van der Waals surface area (Å²) < 4.78 is 26.9. The van der Waals surface area contributed by atoms with Gasteiger partial charge in [-0.1, -0.05) is 18.2 Å². The van der Waals surface area contributed by atoms with Crippen LogP contribution in [0.15, 0.2) is 42.5 Å². The molecule has 0 saturated carbocycles. The number of amides is 1. The van der Waals surface area contributed by atoms with Gasteiger partial charge in [0.15, 0.2) is 0 Å². The first kappa shape index (κ1) is 16.6. The van der Waals surface area contributed by atoms with E-state index in [4.69, 9.17) is 0 Å². The molecule has 1 atom stereocenters. The molecule has 3 rings (SSSR count). The van der Waals surface area contributed by atoms with E-state index in [0.29, 0.717) is 25.2 Å². The lowest BCUT2D eigenvalue weighted by molar-refractivity contribution is -0.125. The van der Waals surface area contributed by atoms with Gasteiger partial charge in [-0.05, 0) is 37.6 Å². The number of piperazine rings is 1. The quantitative estimate of drug-likeness (QED) is 0.860. The Hall–Kier alpha value is -2.27. The Morgan fingerprint density at radius 2 is 1.92 bits per heavy atom. The molecular weight excluding hydrogens is 310 g/mol. The Labute approximate surface area is 140 Å². The molecule has 2 aromatic carbocycles. The molecule has 0 radical (unpaired) electrons. The molecule has 24 heavy (non-hydrogen) atoms. The highest BCUT2D eigenvalue weighted by molar-refractivity contribution is 5.97. The lowest BCUT2D eigenvalue weighted by Crippen LogP contribution is -2.55. The largest absolute Gasteiger partial charge is 0.310 e. The topological polar surface area (TPSA) is 23.6 Å². The number of carbonyl (C=O) groups excluding carboxylic acids is 1. The van der Waals surface area contributed by atoms with E-state index in [2.05, 4.69) is 0 Å². The van der Waals surface area contributed by atoms with E-state index in [1.165, 1.54) is 12.1 Å². The average molecular weight is 330 g/mol. The van der Waals surface area contributed by atoms with Gasteiger partial charge in [-0.2, -0.15) is 0 Å². The molecule has 126 valence electrons. The number of carbonyl (C=O) groups is 1. The normalized spacial score (nSPS) is 18.9. The van der Waals surface area contributed by atoms with Crippen LogP contribution in [-0.4, -0.2) is 29.9 Å². The van der Waals surface area contributed by atoms with E-state index in [1.54, 1.807) is 4.90 Å². The van der Waals surface area contributed by atoms with E-state index >= 15 is 0 Å².